The second-order valence-corrected chi connectivity index (χ2v) is 9.41. The van der Waals surface area contributed by atoms with E-state index in [-0.39, 0.29) is 52.0 Å². The number of aromatic nitrogens is 7. The second kappa shape index (κ2) is 10.4. The highest BCUT2D eigenvalue weighted by Gasteiger charge is 2.27. The van der Waals surface area contributed by atoms with Crippen LogP contribution >= 0.6 is 23.2 Å². The quantitative estimate of drug-likeness (QED) is 0.332. The molecule has 1 aliphatic carbocycles. The predicted molar refractivity (Wildman–Crippen MR) is 133 cm³/mol. The van der Waals surface area contributed by atoms with Gasteiger partial charge < -0.3 is 10.6 Å². The van der Waals surface area contributed by atoms with E-state index in [4.69, 9.17) is 23.2 Å². The van der Waals surface area contributed by atoms with E-state index >= 15 is 0 Å². The number of hydrogen-bond donors (Lipinski definition) is 2. The number of alkyl halides is 2. The Morgan fingerprint density at radius 2 is 1.95 bits per heavy atom. The molecule has 0 atom stereocenters. The Hall–Kier alpha value is -3.97. The number of benzene rings is 1. The molecule has 4 aromatic rings. The predicted octanol–water partition coefficient (Wildman–Crippen LogP) is 4.00. The Morgan fingerprint density at radius 1 is 1.16 bits per heavy atom. The number of pyridine rings is 1. The van der Waals surface area contributed by atoms with Crippen molar-refractivity contribution in [1.29, 1.82) is 0 Å². The van der Waals surface area contributed by atoms with Crippen LogP contribution in [0.15, 0.2) is 36.5 Å². The maximum atomic E-state index is 13.6. The van der Waals surface area contributed by atoms with Gasteiger partial charge in [-0.05, 0) is 60.9 Å². The summed E-state index contributed by atoms with van der Waals surface area (Å²) in [5, 5.41) is 21.2. The molecule has 1 saturated carbocycles. The van der Waals surface area contributed by atoms with Crippen molar-refractivity contribution >= 4 is 40.7 Å². The van der Waals surface area contributed by atoms with E-state index in [9.17, 15) is 18.4 Å². The fourth-order valence-electron chi connectivity index (χ4n) is 3.68. The lowest BCUT2D eigenvalue weighted by Gasteiger charge is -2.15. The van der Waals surface area contributed by atoms with Gasteiger partial charge >= 0.3 is 6.43 Å². The molecular weight excluding hydrogens is 543 g/mol. The molecule has 0 aliphatic heterocycles. The fourth-order valence-corrected chi connectivity index (χ4v) is 4.15. The van der Waals surface area contributed by atoms with Crippen molar-refractivity contribution < 1.29 is 18.4 Å². The van der Waals surface area contributed by atoms with Gasteiger partial charge in [-0.15, -0.1) is 10.2 Å². The number of hydrogen-bond acceptors (Lipinski definition) is 7. The molecule has 15 heteroatoms. The molecule has 0 saturated heterocycles. The summed E-state index contributed by atoms with van der Waals surface area (Å²) in [6, 6.07) is 7.81. The summed E-state index contributed by atoms with van der Waals surface area (Å²) in [6.07, 6.45) is 0.365. The molecule has 1 fully saturated rings. The zero-order chi connectivity index (χ0) is 27.0. The van der Waals surface area contributed by atoms with E-state index in [1.807, 2.05) is 0 Å². The third-order valence-electron chi connectivity index (χ3n) is 5.60. The summed E-state index contributed by atoms with van der Waals surface area (Å²) in [6.45, 7) is 1.55. The smallest absolute Gasteiger partial charge is 0.301 e. The van der Waals surface area contributed by atoms with Gasteiger partial charge in [-0.3, -0.25) is 9.59 Å². The van der Waals surface area contributed by atoms with Crippen molar-refractivity contribution in [3.05, 3.63) is 74.9 Å². The lowest BCUT2D eigenvalue weighted by atomic mass is 10.1. The van der Waals surface area contributed by atoms with Crippen molar-refractivity contribution in [2.24, 2.45) is 0 Å². The summed E-state index contributed by atoms with van der Waals surface area (Å²) >= 11 is 12.5. The van der Waals surface area contributed by atoms with Crippen molar-refractivity contribution in [3.63, 3.8) is 0 Å². The molecule has 1 aromatic carbocycles. The Bertz CT molecular complexity index is 1540. The Kier molecular flexibility index (Phi) is 7.04. The van der Waals surface area contributed by atoms with E-state index in [2.05, 4.69) is 36.1 Å². The van der Waals surface area contributed by atoms with Gasteiger partial charge in [-0.1, -0.05) is 23.2 Å². The third-order valence-corrected chi connectivity index (χ3v) is 6.11. The lowest BCUT2D eigenvalue weighted by Crippen LogP contribution is -2.27. The van der Waals surface area contributed by atoms with Gasteiger partial charge in [0.15, 0.2) is 5.82 Å². The summed E-state index contributed by atoms with van der Waals surface area (Å²) in [5.74, 6) is -1.56. The largest absolute Gasteiger partial charge is 0.349 e. The van der Waals surface area contributed by atoms with E-state index in [0.717, 1.165) is 17.6 Å². The van der Waals surface area contributed by atoms with Crippen LogP contribution in [0.1, 0.15) is 57.2 Å². The number of aryl methyl sites for hydroxylation is 1. The van der Waals surface area contributed by atoms with E-state index in [1.165, 1.54) is 23.0 Å². The monoisotopic (exact) mass is 561 g/mol. The zero-order valence-electron chi connectivity index (χ0n) is 19.7. The summed E-state index contributed by atoms with van der Waals surface area (Å²) in [4.78, 5) is 31.6. The number of nitrogens with one attached hydrogen (secondary N) is 2. The van der Waals surface area contributed by atoms with E-state index in [0.29, 0.717) is 10.6 Å². The molecule has 38 heavy (non-hydrogen) atoms. The first-order valence-electron chi connectivity index (χ1n) is 11.4. The number of halogens is 4. The highest BCUT2D eigenvalue weighted by Crippen LogP contribution is 2.29. The Balaban J connectivity index is 1.51. The number of tetrazole rings is 1. The molecule has 2 N–H and O–H groups in total. The number of rotatable bonds is 8. The minimum absolute atomic E-state index is 0.0118. The van der Waals surface area contributed by atoms with Crippen LogP contribution in [0.3, 0.4) is 0 Å². The highest BCUT2D eigenvalue weighted by atomic mass is 35.5. The fraction of sp³-hybridized carbons (Fsp3) is 0.261. The molecule has 196 valence electrons. The first-order chi connectivity index (χ1) is 18.2. The van der Waals surface area contributed by atoms with Gasteiger partial charge in [-0.25, -0.2) is 18.4 Å². The lowest BCUT2D eigenvalue weighted by molar-refractivity contribution is 0.0952. The van der Waals surface area contributed by atoms with Crippen LogP contribution in [0.5, 0.6) is 0 Å². The summed E-state index contributed by atoms with van der Waals surface area (Å²) in [5.41, 5.74) is 1.31. The van der Waals surface area contributed by atoms with Crippen LogP contribution < -0.4 is 10.6 Å². The molecule has 2 amide bonds. The molecule has 0 radical (unpaired) electrons. The van der Waals surface area contributed by atoms with Crippen LogP contribution in [0.2, 0.25) is 10.0 Å². The number of carbonyl (C=O) groups is 2. The first kappa shape index (κ1) is 25.7. The maximum absolute atomic E-state index is 13.6. The van der Waals surface area contributed by atoms with E-state index < -0.39 is 18.2 Å². The average molecular weight is 562 g/mol. The molecule has 1 aliphatic rings. The number of carbonyl (C=O) groups excluding carboxylic acids is 2. The standard InChI is InChI=1S/C23H19Cl2F2N9O2/c1-11-7-12(24)8-15(22(37)29-13-4-5-13)18(11)30-23(38)17-9-14(10-35-33-20(19(26)27)31-34-35)32-36(17)21-16(25)3-2-6-28-21/h2-3,6-9,13,19H,4-5,10H2,1H3,(H,29,37)(H,30,38). The van der Waals surface area contributed by atoms with Crippen molar-refractivity contribution in [2.45, 2.75) is 38.8 Å². The average Bonchev–Trinajstić information content (AvgIpc) is 3.38. The molecule has 11 nitrogen and oxygen atoms in total. The Labute approximate surface area is 224 Å². The molecule has 3 heterocycles. The van der Waals surface area contributed by atoms with Crippen LogP contribution in [0.4, 0.5) is 14.5 Å². The molecular formula is C23H19Cl2F2N9O2. The summed E-state index contributed by atoms with van der Waals surface area (Å²) < 4.78 is 27.0. The molecule has 5 rings (SSSR count). The highest BCUT2D eigenvalue weighted by molar-refractivity contribution is 6.32. The topological polar surface area (TPSA) is 133 Å². The SMILES string of the molecule is Cc1cc(Cl)cc(C(=O)NC2CC2)c1NC(=O)c1cc(Cn2nnc(C(F)F)n2)nn1-c1ncccc1Cl. The molecule has 0 bridgehead atoms. The molecule has 0 spiro atoms. The van der Waals surface area contributed by atoms with Crippen LogP contribution in [0, 0.1) is 6.92 Å². The molecule has 3 aromatic heterocycles. The Morgan fingerprint density at radius 3 is 2.63 bits per heavy atom. The van der Waals surface area contributed by atoms with Gasteiger partial charge in [0, 0.05) is 17.3 Å². The minimum atomic E-state index is -2.89. The van der Waals surface area contributed by atoms with E-state index in [1.54, 1.807) is 25.1 Å². The zero-order valence-corrected chi connectivity index (χ0v) is 21.2. The third kappa shape index (κ3) is 5.48. The van der Waals surface area contributed by atoms with Gasteiger partial charge in [0.25, 0.3) is 11.8 Å². The molecule has 0 unspecified atom stereocenters. The van der Waals surface area contributed by atoms with Gasteiger partial charge in [0.1, 0.15) is 12.2 Å². The summed E-state index contributed by atoms with van der Waals surface area (Å²) in [7, 11) is 0. The maximum Gasteiger partial charge on any atom is 0.301 e. The van der Waals surface area contributed by atoms with Crippen LogP contribution in [0.25, 0.3) is 5.82 Å². The van der Waals surface area contributed by atoms with Crippen LogP contribution in [-0.2, 0) is 6.54 Å². The van der Waals surface area contributed by atoms with Crippen LogP contribution in [-0.4, -0.2) is 52.8 Å². The minimum Gasteiger partial charge on any atom is -0.349 e. The van der Waals surface area contributed by atoms with Crippen molar-refractivity contribution in [3.8, 4) is 5.82 Å². The van der Waals surface area contributed by atoms with Crippen molar-refractivity contribution in [1.82, 2.24) is 40.3 Å². The number of anilines is 1. The number of nitrogens with zero attached hydrogens (tertiary/aromatic N) is 7. The van der Waals surface area contributed by atoms with Crippen molar-refractivity contribution in [2.75, 3.05) is 5.32 Å². The second-order valence-electron chi connectivity index (χ2n) is 8.57. The van der Waals surface area contributed by atoms with Gasteiger partial charge in [-0.2, -0.15) is 9.90 Å². The normalized spacial score (nSPS) is 13.1. The van der Waals surface area contributed by atoms with Gasteiger partial charge in [0.2, 0.25) is 5.82 Å². The number of amides is 2. The first-order valence-corrected chi connectivity index (χ1v) is 12.1. The van der Waals surface area contributed by atoms with Gasteiger partial charge in [0.05, 0.1) is 22.0 Å².